The third-order valence-corrected chi connectivity index (χ3v) is 5.99. The number of furan rings is 1. The van der Waals surface area contributed by atoms with Crippen LogP contribution in [0.2, 0.25) is 0 Å². The molecule has 0 saturated carbocycles. The van der Waals surface area contributed by atoms with Gasteiger partial charge in [-0.3, -0.25) is 0 Å². The highest BCUT2D eigenvalue weighted by Crippen LogP contribution is 2.45. The molecule has 1 unspecified atom stereocenters. The molecule has 1 atom stereocenters. The van der Waals surface area contributed by atoms with Gasteiger partial charge in [-0.2, -0.15) is 4.58 Å². The van der Waals surface area contributed by atoms with Crippen molar-refractivity contribution in [3.8, 4) is 0 Å². The molecule has 0 aliphatic carbocycles. The quantitative estimate of drug-likeness (QED) is 0.474. The average molecular weight is 361 g/mol. The van der Waals surface area contributed by atoms with Crippen LogP contribution in [0.3, 0.4) is 0 Å². The maximum Gasteiger partial charge on any atom is 0.211 e. The molecule has 1 aliphatic rings. The Morgan fingerprint density at radius 1 is 1.00 bits per heavy atom. The first-order chi connectivity index (χ1) is 12.7. The van der Waals surface area contributed by atoms with E-state index in [0.29, 0.717) is 5.92 Å². The van der Waals surface area contributed by atoms with Gasteiger partial charge in [0.25, 0.3) is 0 Å². The van der Waals surface area contributed by atoms with E-state index >= 15 is 0 Å². The minimum absolute atomic E-state index is 0.0173. The summed E-state index contributed by atoms with van der Waals surface area (Å²) in [5.41, 5.74) is 4.96. The van der Waals surface area contributed by atoms with E-state index in [-0.39, 0.29) is 11.0 Å². The van der Waals surface area contributed by atoms with Crippen LogP contribution in [0.15, 0.2) is 52.9 Å². The van der Waals surface area contributed by atoms with E-state index in [0.717, 1.165) is 17.8 Å². The van der Waals surface area contributed by atoms with Gasteiger partial charge in [-0.15, -0.1) is 0 Å². The summed E-state index contributed by atoms with van der Waals surface area (Å²) < 4.78 is 8.79. The van der Waals surface area contributed by atoms with E-state index in [1.165, 1.54) is 22.2 Å². The van der Waals surface area contributed by atoms with Crippen molar-refractivity contribution in [1.29, 1.82) is 0 Å². The average Bonchev–Trinajstić information content (AvgIpc) is 3.14. The number of hydrogen-bond donors (Lipinski definition) is 0. The molecule has 2 aromatic carbocycles. The lowest BCUT2D eigenvalue weighted by atomic mass is 9.81. The van der Waals surface area contributed by atoms with E-state index in [1.54, 1.807) is 0 Å². The molecule has 0 fully saturated rings. The molecule has 2 nitrogen and oxygen atoms in total. The summed E-state index contributed by atoms with van der Waals surface area (Å²) in [4.78, 5) is 0. The van der Waals surface area contributed by atoms with Crippen molar-refractivity contribution in [2.75, 3.05) is 0 Å². The Kier molecular flexibility index (Phi) is 4.06. The second kappa shape index (κ2) is 6.09. The molecular formula is C25H30NO+. The first kappa shape index (κ1) is 18.0. The summed E-state index contributed by atoms with van der Waals surface area (Å²) >= 11 is 0. The van der Waals surface area contributed by atoms with Gasteiger partial charge in [-0.05, 0) is 31.9 Å². The topological polar surface area (TPSA) is 16.1 Å². The largest absolute Gasteiger partial charge is 0.460 e. The zero-order chi connectivity index (χ0) is 19.4. The van der Waals surface area contributed by atoms with Crippen molar-refractivity contribution in [1.82, 2.24) is 0 Å². The third kappa shape index (κ3) is 2.92. The zero-order valence-electron chi connectivity index (χ0n) is 17.3. The van der Waals surface area contributed by atoms with Gasteiger partial charge in [0.2, 0.25) is 5.69 Å². The van der Waals surface area contributed by atoms with Gasteiger partial charge in [0, 0.05) is 36.8 Å². The van der Waals surface area contributed by atoms with Gasteiger partial charge < -0.3 is 4.42 Å². The predicted molar refractivity (Wildman–Crippen MR) is 114 cm³/mol. The van der Waals surface area contributed by atoms with E-state index < -0.39 is 0 Å². The molecule has 0 radical (unpaired) electrons. The Morgan fingerprint density at radius 2 is 1.74 bits per heavy atom. The Bertz CT molecular complexity index is 1000. The summed E-state index contributed by atoms with van der Waals surface area (Å²) in [6.45, 7) is 13.8. The van der Waals surface area contributed by atoms with E-state index in [1.807, 2.05) is 6.07 Å². The third-order valence-electron chi connectivity index (χ3n) is 5.99. The molecule has 140 valence electrons. The fraction of sp³-hybridized carbons (Fsp3) is 0.400. The fourth-order valence-corrected chi connectivity index (χ4v) is 4.75. The highest BCUT2D eigenvalue weighted by atomic mass is 16.3. The maximum absolute atomic E-state index is 6.28. The standard InChI is InChI=1S/C25H30NO/c1-17(2)20-12-9-10-18(3)23(20)26-16-25(6,15-24(26,4)5)22-14-19-11-7-8-13-21(19)27-22/h7-14,16-17H,15H2,1-6H3/q+1. The van der Waals surface area contributed by atoms with Crippen LogP contribution in [0, 0.1) is 6.92 Å². The second-order valence-electron chi connectivity index (χ2n) is 9.22. The van der Waals surface area contributed by atoms with Gasteiger partial charge in [-0.1, -0.05) is 50.2 Å². The molecule has 1 aromatic heterocycles. The Balaban J connectivity index is 1.89. The van der Waals surface area contributed by atoms with E-state index in [2.05, 4.69) is 94.8 Å². The molecular weight excluding hydrogens is 330 g/mol. The number of rotatable bonds is 3. The van der Waals surface area contributed by atoms with Crippen LogP contribution < -0.4 is 0 Å². The van der Waals surface area contributed by atoms with Gasteiger partial charge >= 0.3 is 0 Å². The van der Waals surface area contributed by atoms with E-state index in [4.69, 9.17) is 4.42 Å². The van der Waals surface area contributed by atoms with Gasteiger partial charge in [-0.25, -0.2) is 0 Å². The molecule has 4 rings (SSSR count). The smallest absolute Gasteiger partial charge is 0.211 e. The lowest BCUT2D eigenvalue weighted by Gasteiger charge is -2.22. The summed E-state index contributed by atoms with van der Waals surface area (Å²) in [5.74, 6) is 1.54. The van der Waals surface area contributed by atoms with Gasteiger partial charge in [0.05, 0.1) is 0 Å². The van der Waals surface area contributed by atoms with Crippen LogP contribution in [0.4, 0.5) is 5.69 Å². The number of benzene rings is 2. The van der Waals surface area contributed by atoms with Crippen LogP contribution >= 0.6 is 0 Å². The Labute approximate surface area is 162 Å². The summed E-state index contributed by atoms with van der Waals surface area (Å²) in [6.07, 6.45) is 3.42. The van der Waals surface area contributed by atoms with Crippen LogP contribution in [-0.4, -0.2) is 16.3 Å². The maximum atomic E-state index is 6.28. The molecule has 27 heavy (non-hydrogen) atoms. The SMILES string of the molecule is Cc1cccc(C(C)C)c1[N+]1=CC(C)(c2cc3ccccc3o2)CC1(C)C. The monoisotopic (exact) mass is 360 g/mol. The molecule has 2 heterocycles. The van der Waals surface area contributed by atoms with Gasteiger partial charge in [0.1, 0.15) is 16.8 Å². The number of hydrogen-bond acceptors (Lipinski definition) is 1. The summed E-state index contributed by atoms with van der Waals surface area (Å²) in [5, 5.41) is 1.18. The van der Waals surface area contributed by atoms with Crippen LogP contribution in [0.5, 0.6) is 0 Å². The number of fused-ring (bicyclic) bond motifs is 1. The molecule has 3 aromatic rings. The van der Waals surface area contributed by atoms with Crippen LogP contribution in [0.25, 0.3) is 11.0 Å². The first-order valence-corrected chi connectivity index (χ1v) is 9.95. The van der Waals surface area contributed by atoms with Crippen LogP contribution in [-0.2, 0) is 5.41 Å². The molecule has 0 N–H and O–H groups in total. The van der Waals surface area contributed by atoms with Gasteiger partial charge in [0.15, 0.2) is 11.8 Å². The van der Waals surface area contributed by atoms with Crippen molar-refractivity contribution in [2.45, 2.75) is 64.8 Å². The minimum atomic E-state index is -0.126. The highest BCUT2D eigenvalue weighted by Gasteiger charge is 2.51. The van der Waals surface area contributed by atoms with Crippen molar-refractivity contribution in [3.05, 3.63) is 65.4 Å². The predicted octanol–water partition coefficient (Wildman–Crippen LogP) is 6.72. The Morgan fingerprint density at radius 3 is 2.44 bits per heavy atom. The normalized spacial score (nSPS) is 21.8. The zero-order valence-corrected chi connectivity index (χ0v) is 17.3. The summed E-state index contributed by atoms with van der Waals surface area (Å²) in [7, 11) is 0. The highest BCUT2D eigenvalue weighted by molar-refractivity contribution is 5.81. The Hall–Kier alpha value is -2.35. The molecule has 2 heteroatoms. The number of para-hydroxylation sites is 2. The molecule has 1 aliphatic heterocycles. The molecule has 0 amide bonds. The van der Waals surface area contributed by atoms with Crippen molar-refractivity contribution in [3.63, 3.8) is 0 Å². The minimum Gasteiger partial charge on any atom is -0.460 e. The molecule has 0 bridgehead atoms. The lowest BCUT2D eigenvalue weighted by Crippen LogP contribution is -2.31. The van der Waals surface area contributed by atoms with Crippen molar-refractivity contribution >= 4 is 22.9 Å². The van der Waals surface area contributed by atoms with Crippen molar-refractivity contribution < 1.29 is 8.99 Å². The first-order valence-electron chi connectivity index (χ1n) is 9.95. The van der Waals surface area contributed by atoms with Crippen LogP contribution in [0.1, 0.15) is 63.8 Å². The number of aryl methyl sites for hydroxylation is 1. The number of nitrogens with zero attached hydrogens (tertiary/aromatic N) is 1. The second-order valence-corrected chi connectivity index (χ2v) is 9.22. The fourth-order valence-electron chi connectivity index (χ4n) is 4.75. The van der Waals surface area contributed by atoms with E-state index in [9.17, 15) is 0 Å². The summed E-state index contributed by atoms with van der Waals surface area (Å²) in [6, 6.07) is 17.2. The molecule has 0 saturated heterocycles. The lowest BCUT2D eigenvalue weighted by molar-refractivity contribution is -0.512. The van der Waals surface area contributed by atoms with Crippen molar-refractivity contribution in [2.24, 2.45) is 0 Å². The molecule has 0 spiro atoms.